The van der Waals surface area contributed by atoms with E-state index in [0.717, 1.165) is 17.5 Å². The summed E-state index contributed by atoms with van der Waals surface area (Å²) in [6.07, 6.45) is 1.68. The summed E-state index contributed by atoms with van der Waals surface area (Å²) in [6, 6.07) is 19.4. The van der Waals surface area contributed by atoms with Crippen LogP contribution in [-0.2, 0) is 11.2 Å². The maximum Gasteiger partial charge on any atom is 0.130 e. The fraction of sp³-hybridized carbons (Fsp3) is 0.435. The van der Waals surface area contributed by atoms with Crippen molar-refractivity contribution in [3.05, 3.63) is 71.8 Å². The Morgan fingerprint density at radius 3 is 2.07 bits per heavy atom. The summed E-state index contributed by atoms with van der Waals surface area (Å²) in [4.78, 5) is 10.6. The third-order valence-electron chi connectivity index (χ3n) is 4.59. The molecule has 2 aromatic rings. The van der Waals surface area contributed by atoms with E-state index in [0.29, 0.717) is 19.3 Å². The van der Waals surface area contributed by atoms with Gasteiger partial charge in [0.05, 0.1) is 5.60 Å². The first-order valence-electron chi connectivity index (χ1n) is 9.79. The second-order valence-corrected chi connectivity index (χ2v) is 7.34. The van der Waals surface area contributed by atoms with Crippen LogP contribution >= 0.6 is 0 Å². The molecular weight excluding hydrogens is 354 g/mol. The molecule has 0 spiro atoms. The number of aryl methyl sites for hydroxylation is 1. The van der Waals surface area contributed by atoms with E-state index in [1.165, 1.54) is 0 Å². The summed E-state index contributed by atoms with van der Waals surface area (Å²) in [5.74, 6) is -1.19. The average molecular weight is 388 g/mol. The number of hydrogen-bond donors (Lipinski definition) is 3. The summed E-state index contributed by atoms with van der Waals surface area (Å²) >= 11 is 0. The van der Waals surface area contributed by atoms with Crippen LogP contribution in [0.2, 0.25) is 0 Å². The van der Waals surface area contributed by atoms with Gasteiger partial charge < -0.3 is 25.8 Å². The minimum absolute atomic E-state index is 0.0393. The van der Waals surface area contributed by atoms with Gasteiger partial charge in [-0.2, -0.15) is 0 Å². The fourth-order valence-electron chi connectivity index (χ4n) is 3.04. The molecular formula is C23H33NO4. The minimum Gasteiger partial charge on any atom is -0.550 e. The average Bonchev–Trinajstić information content (AvgIpc) is 2.67. The van der Waals surface area contributed by atoms with E-state index >= 15 is 0 Å². The lowest BCUT2D eigenvalue weighted by atomic mass is 9.87. The monoisotopic (exact) mass is 387 g/mol. The highest BCUT2D eigenvalue weighted by atomic mass is 16.4. The second-order valence-electron chi connectivity index (χ2n) is 7.34. The highest BCUT2D eigenvalue weighted by Crippen LogP contribution is 2.23. The van der Waals surface area contributed by atoms with Crippen LogP contribution in [0.25, 0.3) is 0 Å². The molecule has 2 aromatic carbocycles. The molecule has 0 saturated carbocycles. The SMILES string of the molecule is CCC[C@@](O)(CCc1ccccc1)CC(=O)[O-].C[C@H]([NH3+])[C@H](O)c1ccccc1. The molecule has 0 aliphatic carbocycles. The van der Waals surface area contributed by atoms with Crippen LogP contribution in [0.1, 0.15) is 56.8 Å². The highest BCUT2D eigenvalue weighted by Gasteiger charge is 2.25. The van der Waals surface area contributed by atoms with Crippen molar-refractivity contribution in [2.24, 2.45) is 0 Å². The molecule has 3 atom stereocenters. The number of carboxylic acids is 1. The van der Waals surface area contributed by atoms with Crippen LogP contribution in [0.5, 0.6) is 0 Å². The van der Waals surface area contributed by atoms with E-state index in [4.69, 9.17) is 0 Å². The van der Waals surface area contributed by atoms with Gasteiger partial charge in [0, 0.05) is 12.4 Å². The molecule has 0 saturated heterocycles. The summed E-state index contributed by atoms with van der Waals surface area (Å²) in [7, 11) is 0. The number of hydrogen-bond acceptors (Lipinski definition) is 4. The van der Waals surface area contributed by atoms with Gasteiger partial charge in [-0.3, -0.25) is 0 Å². The third-order valence-corrected chi connectivity index (χ3v) is 4.59. The quantitative estimate of drug-likeness (QED) is 0.608. The Morgan fingerprint density at radius 1 is 1.07 bits per heavy atom. The Morgan fingerprint density at radius 2 is 1.61 bits per heavy atom. The lowest BCUT2D eigenvalue weighted by Crippen LogP contribution is -2.61. The van der Waals surface area contributed by atoms with Crippen LogP contribution in [0.4, 0.5) is 0 Å². The molecule has 5 heteroatoms. The molecule has 5 nitrogen and oxygen atoms in total. The van der Waals surface area contributed by atoms with Crippen molar-refractivity contribution >= 4 is 5.97 Å². The third kappa shape index (κ3) is 9.13. The molecule has 0 aliphatic rings. The molecule has 154 valence electrons. The number of rotatable bonds is 9. The molecule has 0 heterocycles. The first-order chi connectivity index (χ1) is 13.3. The first kappa shape index (κ1) is 23.8. The van der Waals surface area contributed by atoms with Gasteiger partial charge in [0.1, 0.15) is 12.1 Å². The van der Waals surface area contributed by atoms with E-state index in [1.54, 1.807) is 0 Å². The predicted octanol–water partition coefficient (Wildman–Crippen LogP) is 1.64. The van der Waals surface area contributed by atoms with Gasteiger partial charge in [0.15, 0.2) is 0 Å². The fourth-order valence-corrected chi connectivity index (χ4v) is 3.04. The molecule has 0 amide bonds. The van der Waals surface area contributed by atoms with Crippen LogP contribution < -0.4 is 10.8 Å². The van der Waals surface area contributed by atoms with Gasteiger partial charge in [-0.05, 0) is 37.3 Å². The number of aliphatic carboxylic acids is 1. The lowest BCUT2D eigenvalue weighted by molar-refractivity contribution is -0.433. The molecule has 0 unspecified atom stereocenters. The minimum atomic E-state index is -1.19. The van der Waals surface area contributed by atoms with Gasteiger partial charge >= 0.3 is 0 Å². The van der Waals surface area contributed by atoms with Crippen molar-refractivity contribution in [2.75, 3.05) is 0 Å². The molecule has 0 radical (unpaired) electrons. The summed E-state index contributed by atoms with van der Waals surface area (Å²) in [5, 5.41) is 30.4. The molecule has 0 fully saturated rings. The van der Waals surface area contributed by atoms with E-state index in [1.807, 2.05) is 74.5 Å². The van der Waals surface area contributed by atoms with Crippen molar-refractivity contribution in [1.82, 2.24) is 0 Å². The zero-order valence-corrected chi connectivity index (χ0v) is 16.9. The van der Waals surface area contributed by atoms with Crippen LogP contribution in [0.15, 0.2) is 60.7 Å². The van der Waals surface area contributed by atoms with Gasteiger partial charge in [-0.25, -0.2) is 0 Å². The molecule has 5 N–H and O–H groups in total. The van der Waals surface area contributed by atoms with Crippen molar-refractivity contribution in [3.8, 4) is 0 Å². The number of benzene rings is 2. The molecule has 0 aliphatic heterocycles. The Bertz CT molecular complexity index is 676. The van der Waals surface area contributed by atoms with Crippen LogP contribution in [0, 0.1) is 0 Å². The van der Waals surface area contributed by atoms with Gasteiger partial charge in [-0.15, -0.1) is 0 Å². The van der Waals surface area contributed by atoms with Crippen molar-refractivity contribution < 1.29 is 25.8 Å². The number of carbonyl (C=O) groups is 1. The topological polar surface area (TPSA) is 108 Å². The zero-order valence-electron chi connectivity index (χ0n) is 16.9. The van der Waals surface area contributed by atoms with Gasteiger partial charge in [-0.1, -0.05) is 74.0 Å². The number of aliphatic hydroxyl groups is 2. The van der Waals surface area contributed by atoms with Crippen molar-refractivity contribution in [2.45, 2.75) is 63.7 Å². The van der Waals surface area contributed by atoms with Crippen LogP contribution in [0.3, 0.4) is 0 Å². The van der Waals surface area contributed by atoms with Crippen molar-refractivity contribution in [3.63, 3.8) is 0 Å². The van der Waals surface area contributed by atoms with Gasteiger partial charge in [0.25, 0.3) is 0 Å². The maximum absolute atomic E-state index is 10.6. The molecule has 2 rings (SSSR count). The van der Waals surface area contributed by atoms with Crippen molar-refractivity contribution in [1.29, 1.82) is 0 Å². The molecule has 0 bridgehead atoms. The molecule has 28 heavy (non-hydrogen) atoms. The Kier molecular flexibility index (Phi) is 10.5. The second kappa shape index (κ2) is 12.3. The smallest absolute Gasteiger partial charge is 0.130 e. The first-order valence-corrected chi connectivity index (χ1v) is 9.79. The largest absolute Gasteiger partial charge is 0.550 e. The highest BCUT2D eigenvalue weighted by molar-refractivity contribution is 5.65. The lowest BCUT2D eigenvalue weighted by Gasteiger charge is -2.28. The zero-order chi connectivity index (χ0) is 21.0. The summed E-state index contributed by atoms with van der Waals surface area (Å²) < 4.78 is 0. The Hall–Kier alpha value is -2.21. The molecule has 0 aromatic heterocycles. The Labute approximate surface area is 167 Å². The van der Waals surface area contributed by atoms with E-state index < -0.39 is 17.7 Å². The van der Waals surface area contributed by atoms with Crippen LogP contribution in [-0.4, -0.2) is 27.8 Å². The number of carboxylic acid groups (broad SMARTS) is 1. The standard InChI is InChI=1S/C14H20O3.C9H13NO/c1-2-9-14(17,11-13(15)16)10-8-12-6-4-3-5-7-12;1-7(10)9(11)8-5-3-2-4-6-8/h3-7,17H,2,8-11H2,1H3,(H,15,16);2-7,9,11H,10H2,1H3/t14-;7-,9-/m10/s1. The number of quaternary nitrogens is 1. The maximum atomic E-state index is 10.6. The summed E-state index contributed by atoms with van der Waals surface area (Å²) in [6.45, 7) is 3.83. The van der Waals surface area contributed by atoms with E-state index in [2.05, 4.69) is 5.73 Å². The summed E-state index contributed by atoms with van der Waals surface area (Å²) in [5.41, 5.74) is 4.68. The predicted molar refractivity (Wildman–Crippen MR) is 108 cm³/mol. The normalized spacial score (nSPS) is 14.9. The van der Waals surface area contributed by atoms with E-state index in [-0.39, 0.29) is 12.5 Å². The number of carbonyl (C=O) groups excluding carboxylic acids is 1. The van der Waals surface area contributed by atoms with E-state index in [9.17, 15) is 20.1 Å². The Balaban J connectivity index is 0.000000307. The number of aliphatic hydroxyl groups excluding tert-OH is 1. The van der Waals surface area contributed by atoms with Gasteiger partial charge in [0.2, 0.25) is 0 Å².